The molecule has 0 amide bonds. The smallest absolute Gasteiger partial charge is 0.324 e. The number of hydrogen-bond acceptors (Lipinski definition) is 7. The van der Waals surface area contributed by atoms with Crippen LogP contribution in [0.1, 0.15) is 36.5 Å². The van der Waals surface area contributed by atoms with Gasteiger partial charge in [0.2, 0.25) is 10.0 Å². The molecule has 0 radical (unpaired) electrons. The lowest BCUT2D eigenvalue weighted by molar-refractivity contribution is 0.439. The number of para-hydroxylation sites is 1. The van der Waals surface area contributed by atoms with Gasteiger partial charge in [0.15, 0.2) is 5.75 Å². The number of anilines is 1. The first-order chi connectivity index (χ1) is 15.6. The summed E-state index contributed by atoms with van der Waals surface area (Å²) in [6.07, 6.45) is 2.84. The second kappa shape index (κ2) is 9.83. The summed E-state index contributed by atoms with van der Waals surface area (Å²) in [6.45, 7) is 5.37. The fraction of sp³-hybridized carbons (Fsp3) is 0.304. The second-order valence-electron chi connectivity index (χ2n) is 7.69. The van der Waals surface area contributed by atoms with Gasteiger partial charge in [-0.3, -0.25) is 9.52 Å². The number of aryl methyl sites for hydroxylation is 3. The fourth-order valence-corrected chi connectivity index (χ4v) is 4.39. The zero-order valence-corrected chi connectivity index (χ0v) is 19.7. The van der Waals surface area contributed by atoms with Gasteiger partial charge in [0.1, 0.15) is 11.9 Å². The van der Waals surface area contributed by atoms with Crippen LogP contribution in [0.5, 0.6) is 11.8 Å². The zero-order valence-electron chi connectivity index (χ0n) is 18.9. The Bertz CT molecular complexity index is 1360. The van der Waals surface area contributed by atoms with Gasteiger partial charge in [-0.2, -0.15) is 15.2 Å². The van der Waals surface area contributed by atoms with E-state index in [0.29, 0.717) is 34.4 Å². The summed E-state index contributed by atoms with van der Waals surface area (Å²) in [7, 11) is -2.01. The van der Waals surface area contributed by atoms with Crippen LogP contribution < -0.4 is 15.0 Å². The van der Waals surface area contributed by atoms with Gasteiger partial charge in [0.25, 0.3) is 5.56 Å². The maximum Gasteiger partial charge on any atom is 0.324 e. The van der Waals surface area contributed by atoms with Gasteiger partial charge >= 0.3 is 6.01 Å². The molecule has 3 rings (SSSR count). The number of hydrogen-bond donors (Lipinski definition) is 1. The highest BCUT2D eigenvalue weighted by Gasteiger charge is 2.17. The summed E-state index contributed by atoms with van der Waals surface area (Å²) >= 11 is 0. The first-order valence-electron chi connectivity index (χ1n) is 10.4. The van der Waals surface area contributed by atoms with Crippen molar-refractivity contribution in [2.45, 2.75) is 33.6 Å². The van der Waals surface area contributed by atoms with Gasteiger partial charge in [0, 0.05) is 30.4 Å². The van der Waals surface area contributed by atoms with Crippen molar-refractivity contribution >= 4 is 15.8 Å². The topological polar surface area (TPSA) is 127 Å². The molecule has 0 aliphatic rings. The van der Waals surface area contributed by atoms with Crippen molar-refractivity contribution in [3.63, 3.8) is 0 Å². The minimum atomic E-state index is -3.63. The zero-order chi connectivity index (χ0) is 24.2. The third-order valence-corrected chi connectivity index (χ3v) is 6.26. The Balaban J connectivity index is 2.13. The number of nitrogens with one attached hydrogen (secondary N) is 1. The number of aromatic nitrogens is 3. The molecule has 3 aromatic rings. The lowest BCUT2D eigenvalue weighted by Gasteiger charge is -2.13. The average Bonchev–Trinajstić information content (AvgIpc) is 2.76. The van der Waals surface area contributed by atoms with Crippen LogP contribution in [0.25, 0.3) is 11.3 Å². The van der Waals surface area contributed by atoms with E-state index in [1.807, 2.05) is 6.92 Å². The van der Waals surface area contributed by atoms with Crippen LogP contribution in [0.3, 0.4) is 0 Å². The summed E-state index contributed by atoms with van der Waals surface area (Å²) in [5.74, 6) is 0.271. The molecule has 2 aromatic heterocycles. The van der Waals surface area contributed by atoms with E-state index in [0.717, 1.165) is 6.42 Å². The molecule has 1 aromatic carbocycles. The molecule has 9 nitrogen and oxygen atoms in total. The van der Waals surface area contributed by atoms with Crippen LogP contribution in [0.15, 0.2) is 41.3 Å². The molecule has 0 aliphatic heterocycles. The maximum absolute atomic E-state index is 12.5. The average molecular weight is 468 g/mol. The molecule has 33 heavy (non-hydrogen) atoms. The van der Waals surface area contributed by atoms with Crippen LogP contribution >= 0.6 is 0 Å². The number of sulfonamides is 1. The highest BCUT2D eigenvalue weighted by molar-refractivity contribution is 7.92. The van der Waals surface area contributed by atoms with E-state index in [2.05, 4.69) is 20.8 Å². The third-order valence-electron chi connectivity index (χ3n) is 4.92. The Morgan fingerprint density at radius 1 is 1.18 bits per heavy atom. The molecular formula is C23H25N5O4S. The number of ether oxygens (including phenoxy) is 1. The van der Waals surface area contributed by atoms with E-state index in [9.17, 15) is 18.5 Å². The minimum absolute atomic E-state index is 0.0321. The third kappa shape index (κ3) is 5.75. The SMILES string of the molecule is CCCCS(=O)(=O)Nc1cc(-c2cc(C)c(=O)n(C)c2)nc(Oc2c(C)cccc2C#N)n1. The molecule has 0 bridgehead atoms. The van der Waals surface area contributed by atoms with Gasteiger partial charge in [-0.05, 0) is 38.0 Å². The van der Waals surface area contributed by atoms with Gasteiger partial charge in [-0.25, -0.2) is 8.42 Å². The van der Waals surface area contributed by atoms with E-state index in [-0.39, 0.29) is 28.9 Å². The molecule has 2 heterocycles. The molecule has 0 saturated carbocycles. The Labute approximate surface area is 192 Å². The normalized spacial score (nSPS) is 11.1. The number of pyridine rings is 1. The first kappa shape index (κ1) is 23.9. The Morgan fingerprint density at radius 3 is 2.61 bits per heavy atom. The van der Waals surface area contributed by atoms with Gasteiger partial charge < -0.3 is 9.30 Å². The van der Waals surface area contributed by atoms with Crippen molar-refractivity contribution in [1.29, 1.82) is 5.26 Å². The Morgan fingerprint density at radius 2 is 1.94 bits per heavy atom. The van der Waals surface area contributed by atoms with Crippen LogP contribution in [0.2, 0.25) is 0 Å². The van der Waals surface area contributed by atoms with Crippen molar-refractivity contribution in [1.82, 2.24) is 14.5 Å². The number of nitriles is 1. The summed E-state index contributed by atoms with van der Waals surface area (Å²) in [4.78, 5) is 20.8. The van der Waals surface area contributed by atoms with E-state index in [4.69, 9.17) is 4.74 Å². The molecule has 0 saturated heterocycles. The van der Waals surface area contributed by atoms with Crippen LogP contribution in [0, 0.1) is 25.2 Å². The van der Waals surface area contributed by atoms with Gasteiger partial charge in [0.05, 0.1) is 17.0 Å². The molecule has 0 aliphatic carbocycles. The number of benzene rings is 1. The predicted molar refractivity (Wildman–Crippen MR) is 126 cm³/mol. The van der Waals surface area contributed by atoms with Crippen molar-refractivity contribution < 1.29 is 13.2 Å². The minimum Gasteiger partial charge on any atom is -0.423 e. The first-order valence-corrected chi connectivity index (χ1v) is 12.0. The van der Waals surface area contributed by atoms with E-state index < -0.39 is 10.0 Å². The van der Waals surface area contributed by atoms with E-state index >= 15 is 0 Å². The van der Waals surface area contributed by atoms with E-state index in [1.165, 1.54) is 10.6 Å². The highest BCUT2D eigenvalue weighted by atomic mass is 32.2. The molecule has 0 spiro atoms. The summed E-state index contributed by atoms with van der Waals surface area (Å²) in [6, 6.07) is 10.2. The van der Waals surface area contributed by atoms with Crippen molar-refractivity contribution in [2.24, 2.45) is 7.05 Å². The second-order valence-corrected chi connectivity index (χ2v) is 9.53. The van der Waals surface area contributed by atoms with Crippen LogP contribution in [0.4, 0.5) is 5.82 Å². The lowest BCUT2D eigenvalue weighted by Crippen LogP contribution is -2.19. The van der Waals surface area contributed by atoms with Crippen LogP contribution in [-0.4, -0.2) is 28.7 Å². The lowest BCUT2D eigenvalue weighted by atomic mass is 10.1. The summed E-state index contributed by atoms with van der Waals surface area (Å²) in [5, 5.41) is 9.44. The summed E-state index contributed by atoms with van der Waals surface area (Å²) < 4.78 is 34.7. The number of nitrogens with zero attached hydrogens (tertiary/aromatic N) is 4. The highest BCUT2D eigenvalue weighted by Crippen LogP contribution is 2.30. The largest absolute Gasteiger partial charge is 0.423 e. The molecule has 10 heteroatoms. The monoisotopic (exact) mass is 467 g/mol. The standard InChI is InChI=1S/C23H25N5O4S/c1-5-6-10-33(30,31)27-20-12-19(18-11-16(3)22(29)28(4)14-18)25-23(26-20)32-21-15(2)8-7-9-17(21)13-24/h7-9,11-12,14H,5-6,10H2,1-4H3,(H,25,26,27). The summed E-state index contributed by atoms with van der Waals surface area (Å²) in [5.41, 5.74) is 2.30. The molecule has 172 valence electrons. The molecule has 0 unspecified atom stereocenters. The van der Waals surface area contributed by atoms with Gasteiger partial charge in [-0.1, -0.05) is 25.5 Å². The molecule has 1 N–H and O–H groups in total. The van der Waals surface area contributed by atoms with E-state index in [1.54, 1.807) is 51.4 Å². The predicted octanol–water partition coefficient (Wildman–Crippen LogP) is 3.66. The maximum atomic E-state index is 12.5. The number of unbranched alkanes of at least 4 members (excludes halogenated alkanes) is 1. The van der Waals surface area contributed by atoms with Crippen molar-refractivity contribution in [3.8, 4) is 29.1 Å². The van der Waals surface area contributed by atoms with Gasteiger partial charge in [-0.15, -0.1) is 0 Å². The van der Waals surface area contributed by atoms with Crippen LogP contribution in [-0.2, 0) is 17.1 Å². The Kier molecular flexibility index (Phi) is 7.13. The fourth-order valence-electron chi connectivity index (χ4n) is 3.20. The van der Waals surface area contributed by atoms with Crippen molar-refractivity contribution in [2.75, 3.05) is 10.5 Å². The molecule has 0 fully saturated rings. The van der Waals surface area contributed by atoms with Crippen molar-refractivity contribution in [3.05, 3.63) is 63.6 Å². The number of rotatable bonds is 8. The Hall–Kier alpha value is -3.71. The quantitative estimate of drug-likeness (QED) is 0.535. The molecule has 0 atom stereocenters. The molecular weight excluding hydrogens is 442 g/mol.